The Morgan fingerprint density at radius 3 is 2.55 bits per heavy atom. The monoisotopic (exact) mass is 276 g/mol. The Morgan fingerprint density at radius 2 is 1.90 bits per heavy atom. The Labute approximate surface area is 120 Å². The normalized spacial score (nSPS) is 22.4. The van der Waals surface area contributed by atoms with Crippen molar-refractivity contribution < 1.29 is 9.53 Å². The maximum absolute atomic E-state index is 11.7. The molecule has 1 aromatic rings. The molecule has 1 aromatic carbocycles. The summed E-state index contributed by atoms with van der Waals surface area (Å²) in [6, 6.07) is 10.9. The van der Waals surface area contributed by atoms with Gasteiger partial charge in [-0.15, -0.1) is 0 Å². The van der Waals surface area contributed by atoms with Crippen LogP contribution >= 0.6 is 0 Å². The van der Waals surface area contributed by atoms with E-state index in [1.165, 1.54) is 5.56 Å². The van der Waals surface area contributed by atoms with Crippen molar-refractivity contribution in [3.8, 4) is 0 Å². The second-order valence-electron chi connectivity index (χ2n) is 5.37. The summed E-state index contributed by atoms with van der Waals surface area (Å²) < 4.78 is 5.14. The van der Waals surface area contributed by atoms with Gasteiger partial charge in [0.05, 0.1) is 6.61 Å². The van der Waals surface area contributed by atoms with Crippen LogP contribution in [0.25, 0.3) is 0 Å². The molecule has 110 valence electrons. The highest BCUT2D eigenvalue weighted by molar-refractivity contribution is 5.77. The molecule has 4 nitrogen and oxygen atoms in total. The van der Waals surface area contributed by atoms with Crippen molar-refractivity contribution in [2.24, 2.45) is 5.73 Å². The predicted octanol–water partition coefficient (Wildman–Crippen LogP) is 1.80. The fourth-order valence-corrected chi connectivity index (χ4v) is 2.81. The number of nitrogens with one attached hydrogen (secondary N) is 1. The lowest BCUT2D eigenvalue weighted by Gasteiger charge is -2.29. The van der Waals surface area contributed by atoms with Crippen LogP contribution in [0.2, 0.25) is 0 Å². The Hall–Kier alpha value is -1.39. The van der Waals surface area contributed by atoms with Gasteiger partial charge in [0.25, 0.3) is 0 Å². The van der Waals surface area contributed by atoms with Crippen LogP contribution < -0.4 is 11.1 Å². The largest absolute Gasteiger partial charge is 0.370 e. The van der Waals surface area contributed by atoms with E-state index < -0.39 is 0 Å². The molecule has 0 aliphatic heterocycles. The smallest absolute Gasteiger partial charge is 0.246 e. The number of nitrogens with two attached hydrogens (primary N) is 1. The molecule has 1 saturated carbocycles. The molecule has 0 unspecified atom stereocenters. The van der Waals surface area contributed by atoms with Crippen molar-refractivity contribution in [1.29, 1.82) is 0 Å². The number of ether oxygens (including phenoxy) is 1. The summed E-state index contributed by atoms with van der Waals surface area (Å²) in [5, 5.41) is 3.05. The Balaban J connectivity index is 1.70. The summed E-state index contributed by atoms with van der Waals surface area (Å²) >= 11 is 0. The molecule has 1 aliphatic carbocycles. The first kappa shape index (κ1) is 15.0. The standard InChI is InChI=1S/C16H24N2O2/c17-10-11-20-12-16(19)18-15-8-6-14(7-9-15)13-4-2-1-3-5-13/h1-5,14-15H,6-12,17H2,(H,18,19). The zero-order valence-corrected chi connectivity index (χ0v) is 11.9. The van der Waals surface area contributed by atoms with Crippen LogP contribution in [-0.4, -0.2) is 31.7 Å². The third-order valence-corrected chi connectivity index (χ3v) is 3.86. The van der Waals surface area contributed by atoms with Gasteiger partial charge < -0.3 is 15.8 Å². The van der Waals surface area contributed by atoms with Crippen LogP contribution in [0.1, 0.15) is 37.2 Å². The highest BCUT2D eigenvalue weighted by Gasteiger charge is 2.23. The number of amides is 1. The highest BCUT2D eigenvalue weighted by atomic mass is 16.5. The van der Waals surface area contributed by atoms with Gasteiger partial charge in [-0.05, 0) is 37.2 Å². The van der Waals surface area contributed by atoms with E-state index in [1.807, 2.05) is 0 Å². The van der Waals surface area contributed by atoms with Gasteiger partial charge in [-0.1, -0.05) is 30.3 Å². The van der Waals surface area contributed by atoms with Crippen molar-refractivity contribution in [2.75, 3.05) is 19.8 Å². The lowest BCUT2D eigenvalue weighted by molar-refractivity contribution is -0.126. The second-order valence-corrected chi connectivity index (χ2v) is 5.37. The van der Waals surface area contributed by atoms with Gasteiger partial charge in [0.15, 0.2) is 0 Å². The number of hydrogen-bond donors (Lipinski definition) is 2. The minimum atomic E-state index is -0.0263. The summed E-state index contributed by atoms with van der Waals surface area (Å²) in [6.45, 7) is 1.01. The van der Waals surface area contributed by atoms with E-state index >= 15 is 0 Å². The van der Waals surface area contributed by atoms with E-state index in [0.717, 1.165) is 25.7 Å². The molecular formula is C16H24N2O2. The summed E-state index contributed by atoms with van der Waals surface area (Å²) in [4.78, 5) is 11.7. The molecule has 1 fully saturated rings. The molecule has 0 atom stereocenters. The first-order chi connectivity index (χ1) is 9.79. The molecule has 0 aromatic heterocycles. The first-order valence-electron chi connectivity index (χ1n) is 7.41. The van der Waals surface area contributed by atoms with Crippen LogP contribution in [0.3, 0.4) is 0 Å². The van der Waals surface area contributed by atoms with Gasteiger partial charge in [0.1, 0.15) is 6.61 Å². The maximum Gasteiger partial charge on any atom is 0.246 e. The lowest BCUT2D eigenvalue weighted by atomic mass is 9.82. The molecule has 0 spiro atoms. The average molecular weight is 276 g/mol. The fourth-order valence-electron chi connectivity index (χ4n) is 2.81. The fraction of sp³-hybridized carbons (Fsp3) is 0.562. The molecular weight excluding hydrogens is 252 g/mol. The summed E-state index contributed by atoms with van der Waals surface area (Å²) in [5.41, 5.74) is 6.73. The topological polar surface area (TPSA) is 64.3 Å². The molecule has 0 bridgehead atoms. The molecule has 20 heavy (non-hydrogen) atoms. The SMILES string of the molecule is NCCOCC(=O)NC1CCC(c2ccccc2)CC1. The van der Waals surface area contributed by atoms with Gasteiger partial charge in [-0.2, -0.15) is 0 Å². The predicted molar refractivity (Wildman–Crippen MR) is 79.5 cm³/mol. The van der Waals surface area contributed by atoms with Crippen LogP contribution in [0.15, 0.2) is 30.3 Å². The van der Waals surface area contributed by atoms with E-state index in [0.29, 0.717) is 25.1 Å². The van der Waals surface area contributed by atoms with Gasteiger partial charge in [-0.25, -0.2) is 0 Å². The van der Waals surface area contributed by atoms with Crippen molar-refractivity contribution in [1.82, 2.24) is 5.32 Å². The van der Waals surface area contributed by atoms with Crippen molar-refractivity contribution in [2.45, 2.75) is 37.6 Å². The van der Waals surface area contributed by atoms with Gasteiger partial charge in [0, 0.05) is 12.6 Å². The molecule has 4 heteroatoms. The minimum Gasteiger partial charge on any atom is -0.370 e. The minimum absolute atomic E-state index is 0.0263. The maximum atomic E-state index is 11.7. The van der Waals surface area contributed by atoms with Crippen LogP contribution in [0.4, 0.5) is 0 Å². The molecule has 1 aliphatic rings. The van der Waals surface area contributed by atoms with E-state index in [2.05, 4.69) is 35.6 Å². The highest BCUT2D eigenvalue weighted by Crippen LogP contribution is 2.32. The Bertz CT molecular complexity index is 400. The number of carbonyl (C=O) groups excluding carboxylic acids is 1. The Kier molecular flexibility index (Phi) is 6.02. The number of carbonyl (C=O) groups is 1. The molecule has 0 heterocycles. The van der Waals surface area contributed by atoms with Gasteiger partial charge in [-0.3, -0.25) is 4.79 Å². The van der Waals surface area contributed by atoms with Gasteiger partial charge in [0.2, 0.25) is 5.91 Å². The zero-order valence-electron chi connectivity index (χ0n) is 11.9. The van der Waals surface area contributed by atoms with Crippen molar-refractivity contribution in [3.05, 3.63) is 35.9 Å². The van der Waals surface area contributed by atoms with E-state index in [9.17, 15) is 4.79 Å². The van der Waals surface area contributed by atoms with Crippen LogP contribution in [0, 0.1) is 0 Å². The third kappa shape index (κ3) is 4.62. The molecule has 3 N–H and O–H groups in total. The summed E-state index contributed by atoms with van der Waals surface area (Å²) in [7, 11) is 0. The average Bonchev–Trinajstić information content (AvgIpc) is 2.49. The number of hydrogen-bond acceptors (Lipinski definition) is 3. The molecule has 2 rings (SSSR count). The molecule has 0 radical (unpaired) electrons. The van der Waals surface area contributed by atoms with E-state index in [4.69, 9.17) is 10.5 Å². The first-order valence-corrected chi connectivity index (χ1v) is 7.41. The van der Waals surface area contributed by atoms with E-state index in [1.54, 1.807) is 0 Å². The Morgan fingerprint density at radius 1 is 1.20 bits per heavy atom. The van der Waals surface area contributed by atoms with E-state index in [-0.39, 0.29) is 12.5 Å². The number of rotatable bonds is 6. The lowest BCUT2D eigenvalue weighted by Crippen LogP contribution is -2.39. The zero-order chi connectivity index (χ0) is 14.2. The summed E-state index contributed by atoms with van der Waals surface area (Å²) in [5.74, 6) is 0.611. The second kappa shape index (κ2) is 8.02. The number of benzene rings is 1. The molecule has 0 saturated heterocycles. The third-order valence-electron chi connectivity index (χ3n) is 3.86. The van der Waals surface area contributed by atoms with Crippen LogP contribution in [0.5, 0.6) is 0 Å². The summed E-state index contributed by atoms with van der Waals surface area (Å²) in [6.07, 6.45) is 4.36. The quantitative estimate of drug-likeness (QED) is 0.779. The van der Waals surface area contributed by atoms with Gasteiger partial charge >= 0.3 is 0 Å². The van der Waals surface area contributed by atoms with Crippen LogP contribution in [-0.2, 0) is 9.53 Å². The van der Waals surface area contributed by atoms with Crippen molar-refractivity contribution >= 4 is 5.91 Å². The van der Waals surface area contributed by atoms with Crippen molar-refractivity contribution in [3.63, 3.8) is 0 Å². The molecule has 1 amide bonds.